The Bertz CT molecular complexity index is 294. The van der Waals surface area contributed by atoms with Crippen LogP contribution in [0.2, 0.25) is 10.0 Å². The van der Waals surface area contributed by atoms with Crippen molar-refractivity contribution in [1.29, 1.82) is 0 Å². The van der Waals surface area contributed by atoms with Crippen molar-refractivity contribution in [3.05, 3.63) is 28.2 Å². The molecule has 0 saturated carbocycles. The van der Waals surface area contributed by atoms with Crippen molar-refractivity contribution in [1.82, 2.24) is 5.48 Å². The first kappa shape index (κ1) is 11.6. The quantitative estimate of drug-likeness (QED) is 0.610. The molecule has 3 nitrogen and oxygen atoms in total. The topological polar surface area (TPSA) is 41.5 Å². The summed E-state index contributed by atoms with van der Waals surface area (Å²) in [5, 5.41) is 9.38. The summed E-state index contributed by atoms with van der Waals surface area (Å²) in [6.45, 7) is 0.986. The van der Waals surface area contributed by atoms with E-state index in [2.05, 4.69) is 0 Å². The van der Waals surface area contributed by atoms with Crippen LogP contribution in [0.4, 0.5) is 0 Å². The first-order valence-corrected chi connectivity index (χ1v) is 4.94. The molecule has 0 aliphatic carbocycles. The van der Waals surface area contributed by atoms with Crippen LogP contribution in [0.15, 0.2) is 18.2 Å². The molecule has 0 fully saturated rings. The molecule has 1 rings (SSSR count). The molecule has 2 N–H and O–H groups in total. The number of nitrogens with one attached hydrogen (secondary N) is 1. The SMILES string of the molecule is ONCCCOc1ccc(Cl)cc1Cl. The van der Waals surface area contributed by atoms with Crippen molar-refractivity contribution in [2.24, 2.45) is 0 Å². The number of benzene rings is 1. The van der Waals surface area contributed by atoms with E-state index in [0.717, 1.165) is 0 Å². The third kappa shape index (κ3) is 3.72. The summed E-state index contributed by atoms with van der Waals surface area (Å²) in [6, 6.07) is 5.06. The highest BCUT2D eigenvalue weighted by Crippen LogP contribution is 2.27. The molecule has 1 aromatic carbocycles. The Hall–Kier alpha value is -0.480. The number of ether oxygens (including phenoxy) is 1. The van der Waals surface area contributed by atoms with E-state index in [0.29, 0.717) is 35.4 Å². The van der Waals surface area contributed by atoms with Gasteiger partial charge < -0.3 is 9.94 Å². The summed E-state index contributed by atoms with van der Waals surface area (Å²) in [7, 11) is 0. The van der Waals surface area contributed by atoms with Gasteiger partial charge >= 0.3 is 0 Å². The summed E-state index contributed by atoms with van der Waals surface area (Å²) in [6.07, 6.45) is 0.704. The van der Waals surface area contributed by atoms with Crippen molar-refractivity contribution in [2.75, 3.05) is 13.2 Å². The molecule has 0 aliphatic rings. The molecule has 0 spiro atoms. The highest BCUT2D eigenvalue weighted by Gasteiger charge is 2.01. The zero-order chi connectivity index (χ0) is 10.4. The third-order valence-electron chi connectivity index (χ3n) is 1.58. The lowest BCUT2D eigenvalue weighted by molar-refractivity contribution is 0.157. The molecule has 0 bridgehead atoms. The van der Waals surface area contributed by atoms with Crippen molar-refractivity contribution in [2.45, 2.75) is 6.42 Å². The van der Waals surface area contributed by atoms with Crippen molar-refractivity contribution in [3.8, 4) is 5.75 Å². The Morgan fingerprint density at radius 3 is 2.79 bits per heavy atom. The van der Waals surface area contributed by atoms with Crippen LogP contribution in [0.5, 0.6) is 5.75 Å². The Morgan fingerprint density at radius 1 is 1.36 bits per heavy atom. The molecule has 0 atom stereocenters. The maximum atomic E-state index is 8.31. The minimum absolute atomic E-state index is 0.491. The van der Waals surface area contributed by atoms with E-state index in [1.54, 1.807) is 18.2 Å². The first-order valence-electron chi connectivity index (χ1n) is 4.19. The lowest BCUT2D eigenvalue weighted by Crippen LogP contribution is -2.12. The zero-order valence-corrected chi connectivity index (χ0v) is 8.98. The normalized spacial score (nSPS) is 10.2. The van der Waals surface area contributed by atoms with E-state index >= 15 is 0 Å². The fourth-order valence-corrected chi connectivity index (χ4v) is 1.39. The van der Waals surface area contributed by atoms with E-state index in [4.69, 9.17) is 33.1 Å². The Morgan fingerprint density at radius 2 is 2.14 bits per heavy atom. The molecule has 14 heavy (non-hydrogen) atoms. The minimum Gasteiger partial charge on any atom is -0.492 e. The van der Waals surface area contributed by atoms with Crippen LogP contribution < -0.4 is 10.2 Å². The molecule has 0 aromatic heterocycles. The first-order chi connectivity index (χ1) is 6.74. The van der Waals surface area contributed by atoms with Gasteiger partial charge in [0, 0.05) is 11.6 Å². The molecule has 1 aromatic rings. The molecule has 0 amide bonds. The zero-order valence-electron chi connectivity index (χ0n) is 7.46. The summed E-state index contributed by atoms with van der Waals surface area (Å²) >= 11 is 11.6. The standard InChI is InChI=1S/C9H11Cl2NO2/c10-7-2-3-9(8(11)6-7)14-5-1-4-12-13/h2-3,6,12-13H,1,4-5H2. The highest BCUT2D eigenvalue weighted by molar-refractivity contribution is 6.35. The predicted molar refractivity (Wildman–Crippen MR) is 56.4 cm³/mol. The monoisotopic (exact) mass is 235 g/mol. The van der Waals surface area contributed by atoms with Crippen LogP contribution in [0.1, 0.15) is 6.42 Å². The number of hydrogen-bond donors (Lipinski definition) is 2. The number of halogens is 2. The number of hydroxylamine groups is 1. The lowest BCUT2D eigenvalue weighted by Gasteiger charge is -2.07. The molecule has 0 radical (unpaired) electrons. The molecule has 0 aliphatic heterocycles. The average molecular weight is 236 g/mol. The van der Waals surface area contributed by atoms with Crippen LogP contribution in [0, 0.1) is 0 Å². The van der Waals surface area contributed by atoms with Gasteiger partial charge in [-0.2, -0.15) is 0 Å². The minimum atomic E-state index is 0.491. The second-order valence-corrected chi connectivity index (χ2v) is 3.53. The molecule has 78 valence electrons. The Balaban J connectivity index is 2.42. The summed E-state index contributed by atoms with van der Waals surface area (Å²) in [5.41, 5.74) is 2.04. The van der Waals surface area contributed by atoms with Gasteiger partial charge in [-0.15, -0.1) is 0 Å². The Kier molecular flexibility index (Phi) is 5.04. The fourth-order valence-electron chi connectivity index (χ4n) is 0.926. The summed E-state index contributed by atoms with van der Waals surface area (Å²) in [4.78, 5) is 0. The molecule has 0 unspecified atom stereocenters. The predicted octanol–water partition coefficient (Wildman–Crippen LogP) is 2.74. The number of hydrogen-bond acceptors (Lipinski definition) is 3. The van der Waals surface area contributed by atoms with Crippen molar-refractivity contribution >= 4 is 23.2 Å². The molecular weight excluding hydrogens is 225 g/mol. The molecule has 0 saturated heterocycles. The van der Waals surface area contributed by atoms with E-state index in [1.165, 1.54) is 0 Å². The van der Waals surface area contributed by atoms with E-state index < -0.39 is 0 Å². The smallest absolute Gasteiger partial charge is 0.137 e. The second kappa shape index (κ2) is 6.09. The van der Waals surface area contributed by atoms with Gasteiger partial charge in [0.2, 0.25) is 0 Å². The summed E-state index contributed by atoms with van der Waals surface area (Å²) < 4.78 is 5.35. The van der Waals surface area contributed by atoms with Crippen LogP contribution in [-0.4, -0.2) is 18.4 Å². The van der Waals surface area contributed by atoms with Gasteiger partial charge in [0.1, 0.15) is 5.75 Å². The molecule has 0 heterocycles. The molecular formula is C9H11Cl2NO2. The van der Waals surface area contributed by atoms with Gasteiger partial charge in [0.05, 0.1) is 11.6 Å². The van der Waals surface area contributed by atoms with E-state index in [-0.39, 0.29) is 0 Å². The van der Waals surface area contributed by atoms with E-state index in [9.17, 15) is 0 Å². The highest BCUT2D eigenvalue weighted by atomic mass is 35.5. The van der Waals surface area contributed by atoms with Crippen LogP contribution >= 0.6 is 23.2 Å². The largest absolute Gasteiger partial charge is 0.492 e. The van der Waals surface area contributed by atoms with Gasteiger partial charge in [-0.3, -0.25) is 0 Å². The maximum Gasteiger partial charge on any atom is 0.137 e. The van der Waals surface area contributed by atoms with Crippen molar-refractivity contribution in [3.63, 3.8) is 0 Å². The molecule has 5 heteroatoms. The van der Waals surface area contributed by atoms with Gasteiger partial charge in [0.15, 0.2) is 0 Å². The van der Waals surface area contributed by atoms with Crippen LogP contribution in [-0.2, 0) is 0 Å². The van der Waals surface area contributed by atoms with Crippen molar-refractivity contribution < 1.29 is 9.94 Å². The van der Waals surface area contributed by atoms with Gasteiger partial charge in [-0.05, 0) is 24.6 Å². The van der Waals surface area contributed by atoms with E-state index in [1.807, 2.05) is 5.48 Å². The fraction of sp³-hybridized carbons (Fsp3) is 0.333. The van der Waals surface area contributed by atoms with Gasteiger partial charge in [0.25, 0.3) is 0 Å². The van der Waals surface area contributed by atoms with Crippen LogP contribution in [0.25, 0.3) is 0 Å². The maximum absolute atomic E-state index is 8.31. The second-order valence-electron chi connectivity index (χ2n) is 2.68. The Labute approximate surface area is 92.5 Å². The average Bonchev–Trinajstić information content (AvgIpc) is 2.15. The van der Waals surface area contributed by atoms with Crippen LogP contribution in [0.3, 0.4) is 0 Å². The van der Waals surface area contributed by atoms with Gasteiger partial charge in [-0.1, -0.05) is 23.2 Å². The lowest BCUT2D eigenvalue weighted by atomic mass is 10.3. The summed E-state index contributed by atoms with van der Waals surface area (Å²) in [5.74, 6) is 0.606. The van der Waals surface area contributed by atoms with Gasteiger partial charge in [-0.25, -0.2) is 5.48 Å². The number of rotatable bonds is 5. The third-order valence-corrected chi connectivity index (χ3v) is 2.11.